The number of esters is 1. The van der Waals surface area contributed by atoms with E-state index in [9.17, 15) is 24.6 Å². The molecule has 0 unspecified atom stereocenters. The van der Waals surface area contributed by atoms with Crippen molar-refractivity contribution < 1.29 is 33.8 Å². The molecule has 0 amide bonds. The minimum absolute atomic E-state index is 0.0121. The van der Waals surface area contributed by atoms with Gasteiger partial charge in [-0.05, 0) is 12.1 Å². The lowest BCUT2D eigenvalue weighted by atomic mass is 10.1. The minimum Gasteiger partial charge on any atom is -0.478 e. The molecule has 0 saturated carbocycles. The molecule has 10 nitrogen and oxygen atoms in total. The fourth-order valence-electron chi connectivity index (χ4n) is 2.92. The summed E-state index contributed by atoms with van der Waals surface area (Å²) in [5.41, 5.74) is 0.137. The number of benzene rings is 1. The predicted octanol–water partition coefficient (Wildman–Crippen LogP) is 2.34. The average Bonchev–Trinajstić information content (AvgIpc) is 3.23. The number of fused-ring (bicyclic) bond motifs is 6. The molecule has 1 aromatic carbocycles. The van der Waals surface area contributed by atoms with Gasteiger partial charge in [0.2, 0.25) is 0 Å². The first-order valence-corrected chi connectivity index (χ1v) is 7.21. The van der Waals surface area contributed by atoms with Crippen LogP contribution in [0.3, 0.4) is 0 Å². The highest BCUT2D eigenvalue weighted by Crippen LogP contribution is 2.37. The minimum atomic E-state index is -1.38. The molecule has 0 atom stereocenters. The summed E-state index contributed by atoms with van der Waals surface area (Å²) in [6, 6.07) is 3.16. The third-order valence-electron chi connectivity index (χ3n) is 3.94. The van der Waals surface area contributed by atoms with Crippen molar-refractivity contribution in [2.24, 2.45) is 0 Å². The van der Waals surface area contributed by atoms with Crippen molar-refractivity contribution in [1.82, 2.24) is 14.5 Å². The Kier molecular flexibility index (Phi) is 3.16. The lowest BCUT2D eigenvalue weighted by Crippen LogP contribution is -2.06. The number of methoxy groups -OCH3 is 1. The molecule has 3 heterocycles. The van der Waals surface area contributed by atoms with Gasteiger partial charge in [0.25, 0.3) is 0 Å². The summed E-state index contributed by atoms with van der Waals surface area (Å²) in [5, 5.41) is 19.3. The van der Waals surface area contributed by atoms with Crippen LogP contribution in [0.1, 0.15) is 21.0 Å². The van der Waals surface area contributed by atoms with Gasteiger partial charge in [-0.2, -0.15) is 0 Å². The molecule has 0 saturated heterocycles. The number of aromatic carboxylic acids is 1. The molecule has 10 heteroatoms. The number of carboxylic acid groups (broad SMARTS) is 2. The molecule has 0 spiro atoms. The van der Waals surface area contributed by atoms with Crippen LogP contribution in [-0.2, 0) is 4.74 Å². The van der Waals surface area contributed by atoms with Crippen molar-refractivity contribution in [3.05, 3.63) is 36.0 Å². The Morgan fingerprint density at radius 3 is 2.65 bits per heavy atom. The molecule has 26 heavy (non-hydrogen) atoms. The topological polar surface area (TPSA) is 145 Å². The molecule has 0 aliphatic heterocycles. The number of hydrogen-bond donors (Lipinski definition) is 2. The Labute approximate surface area is 143 Å². The van der Waals surface area contributed by atoms with Crippen LogP contribution in [0.5, 0.6) is 0 Å². The van der Waals surface area contributed by atoms with Gasteiger partial charge in [-0.3, -0.25) is 9.55 Å². The van der Waals surface area contributed by atoms with Crippen LogP contribution in [0.4, 0.5) is 4.79 Å². The smallest absolute Gasteiger partial charge is 0.416 e. The van der Waals surface area contributed by atoms with Gasteiger partial charge in [0.15, 0.2) is 5.58 Å². The predicted molar refractivity (Wildman–Crippen MR) is 86.5 cm³/mol. The van der Waals surface area contributed by atoms with E-state index in [1.54, 1.807) is 12.1 Å². The van der Waals surface area contributed by atoms with Crippen molar-refractivity contribution in [2.45, 2.75) is 0 Å². The van der Waals surface area contributed by atoms with E-state index in [2.05, 4.69) is 14.7 Å². The summed E-state index contributed by atoms with van der Waals surface area (Å²) < 4.78 is 10.8. The third kappa shape index (κ3) is 1.95. The number of carbonyl (C=O) groups is 3. The van der Waals surface area contributed by atoms with E-state index >= 15 is 0 Å². The largest absolute Gasteiger partial charge is 0.478 e. The van der Waals surface area contributed by atoms with Gasteiger partial charge >= 0.3 is 23.9 Å². The Morgan fingerprint density at radius 2 is 2.00 bits per heavy atom. The van der Waals surface area contributed by atoms with Crippen LogP contribution in [0.25, 0.3) is 32.9 Å². The van der Waals surface area contributed by atoms with Crippen LogP contribution < -0.4 is 0 Å². The van der Waals surface area contributed by atoms with Gasteiger partial charge in [0.1, 0.15) is 11.0 Å². The highest BCUT2D eigenvalue weighted by atomic mass is 16.5. The summed E-state index contributed by atoms with van der Waals surface area (Å²) in [4.78, 5) is 43.3. The summed E-state index contributed by atoms with van der Waals surface area (Å²) in [6.45, 7) is 0. The number of aromatic nitrogens is 3. The van der Waals surface area contributed by atoms with E-state index in [-0.39, 0.29) is 39.0 Å². The maximum atomic E-state index is 11.8. The van der Waals surface area contributed by atoms with Crippen LogP contribution in [-0.4, -0.2) is 49.9 Å². The first kappa shape index (κ1) is 15.6. The quantitative estimate of drug-likeness (QED) is 0.517. The Morgan fingerprint density at radius 1 is 1.23 bits per heavy atom. The molecule has 0 aliphatic carbocycles. The number of oxazole rings is 1. The number of nitrogens with zero attached hydrogens (tertiary/aromatic N) is 3. The Bertz CT molecular complexity index is 1250. The first-order chi connectivity index (χ1) is 12.4. The zero-order chi connectivity index (χ0) is 18.6. The van der Waals surface area contributed by atoms with Crippen LogP contribution in [0.2, 0.25) is 0 Å². The molecule has 0 bridgehead atoms. The number of carbonyl (C=O) groups excluding carboxylic acids is 1. The second-order valence-electron chi connectivity index (χ2n) is 5.31. The molecule has 4 rings (SSSR count). The lowest BCUT2D eigenvalue weighted by Gasteiger charge is -2.03. The molecular weight excluding hydrogens is 346 g/mol. The normalized spacial score (nSPS) is 11.3. The average molecular weight is 355 g/mol. The summed E-state index contributed by atoms with van der Waals surface area (Å²) in [6.07, 6.45) is 1.06. The first-order valence-electron chi connectivity index (χ1n) is 7.21. The van der Waals surface area contributed by atoms with E-state index in [1.165, 1.54) is 6.20 Å². The summed E-state index contributed by atoms with van der Waals surface area (Å²) in [7, 11) is 1.15. The van der Waals surface area contributed by atoms with Crippen molar-refractivity contribution in [3.63, 3.8) is 0 Å². The number of rotatable bonds is 2. The Balaban J connectivity index is 2.33. The molecular formula is C16H9N3O7. The summed E-state index contributed by atoms with van der Waals surface area (Å²) >= 11 is 0. The van der Waals surface area contributed by atoms with E-state index in [0.29, 0.717) is 5.39 Å². The van der Waals surface area contributed by atoms with E-state index in [1.807, 2.05) is 0 Å². The van der Waals surface area contributed by atoms with Crippen LogP contribution in [0, 0.1) is 0 Å². The molecule has 0 aliphatic rings. The molecule has 3 aromatic heterocycles. The molecule has 130 valence electrons. The number of ether oxygens (including phenoxy) is 1. The van der Waals surface area contributed by atoms with Gasteiger partial charge < -0.3 is 19.4 Å². The van der Waals surface area contributed by atoms with Crippen LogP contribution >= 0.6 is 0 Å². The van der Waals surface area contributed by atoms with Gasteiger partial charge in [-0.25, -0.2) is 19.4 Å². The van der Waals surface area contributed by atoms with Crippen molar-refractivity contribution in [1.29, 1.82) is 0 Å². The second-order valence-corrected chi connectivity index (χ2v) is 5.31. The zero-order valence-electron chi connectivity index (χ0n) is 13.1. The molecule has 0 fully saturated rings. The zero-order valence-corrected chi connectivity index (χ0v) is 13.1. The second kappa shape index (κ2) is 5.28. The molecule has 2 N–H and O–H groups in total. The number of carboxylic acids is 1. The van der Waals surface area contributed by atoms with Gasteiger partial charge in [-0.1, -0.05) is 0 Å². The fraction of sp³-hybridized carbons (Fsp3) is 0.0625. The van der Waals surface area contributed by atoms with E-state index in [4.69, 9.17) is 4.42 Å². The van der Waals surface area contributed by atoms with E-state index in [0.717, 1.165) is 17.9 Å². The molecule has 0 radical (unpaired) electrons. The monoisotopic (exact) mass is 355 g/mol. The molecule has 4 aromatic rings. The van der Waals surface area contributed by atoms with Crippen molar-refractivity contribution in [3.8, 4) is 0 Å². The maximum absolute atomic E-state index is 11.8. The van der Waals surface area contributed by atoms with Crippen molar-refractivity contribution in [2.75, 3.05) is 7.11 Å². The van der Waals surface area contributed by atoms with Gasteiger partial charge in [0.05, 0.1) is 23.6 Å². The maximum Gasteiger partial charge on any atom is 0.416 e. The van der Waals surface area contributed by atoms with Crippen molar-refractivity contribution >= 4 is 50.9 Å². The van der Waals surface area contributed by atoms with E-state index < -0.39 is 18.0 Å². The standard InChI is InChI=1S/C16H9N3O7/c1-25-15(22)13-18-10-9-6(3-2-4-17-9)11-8(12(10)26-13)7(14(20)21)5-19(11)16(23)24/h2-5H,1H3,(H,20,21)(H,23,24). The van der Waals surface area contributed by atoms with Gasteiger partial charge in [-0.15, -0.1) is 0 Å². The Hall–Kier alpha value is -3.95. The fourth-order valence-corrected chi connectivity index (χ4v) is 2.92. The highest BCUT2D eigenvalue weighted by Gasteiger charge is 2.27. The summed E-state index contributed by atoms with van der Waals surface area (Å²) in [5.74, 6) is -2.59. The van der Waals surface area contributed by atoms with Crippen LogP contribution in [0.15, 0.2) is 28.9 Å². The lowest BCUT2D eigenvalue weighted by molar-refractivity contribution is 0.0558. The SMILES string of the molecule is COC(=O)c1nc2c3ncccc3c3c(c(C(=O)O)cn3C(=O)O)c2o1. The third-order valence-corrected chi connectivity index (χ3v) is 3.94. The number of hydrogen-bond acceptors (Lipinski definition) is 7. The highest BCUT2D eigenvalue weighted by molar-refractivity contribution is 6.26. The van der Waals surface area contributed by atoms with Gasteiger partial charge in [0, 0.05) is 17.8 Å². The number of pyridine rings is 1.